The third kappa shape index (κ3) is 4.60. The third-order valence-corrected chi connectivity index (χ3v) is 7.42. The topological polar surface area (TPSA) is 121 Å². The summed E-state index contributed by atoms with van der Waals surface area (Å²) in [4.78, 5) is 39.2. The highest BCUT2D eigenvalue weighted by Crippen LogP contribution is 2.34. The number of carbonyl (C=O) groups is 3. The molecule has 0 radical (unpaired) electrons. The van der Waals surface area contributed by atoms with Crippen LogP contribution in [0, 0.1) is 0 Å². The molecule has 4 aromatic carbocycles. The maximum Gasteiger partial charge on any atom is 0.337 e. The van der Waals surface area contributed by atoms with Crippen molar-refractivity contribution in [2.24, 2.45) is 0 Å². The van der Waals surface area contributed by atoms with Crippen LogP contribution in [-0.2, 0) is 16.6 Å². The van der Waals surface area contributed by atoms with E-state index in [4.69, 9.17) is 0 Å². The Hall–Kier alpha value is -4.76. The van der Waals surface area contributed by atoms with E-state index >= 15 is 0 Å². The summed E-state index contributed by atoms with van der Waals surface area (Å²) in [7, 11) is -4.07. The number of amides is 2. The van der Waals surface area contributed by atoms with Gasteiger partial charge >= 0.3 is 5.97 Å². The van der Waals surface area contributed by atoms with Crippen molar-refractivity contribution in [3.05, 3.63) is 119 Å². The van der Waals surface area contributed by atoms with Crippen LogP contribution in [0.5, 0.6) is 0 Å². The van der Waals surface area contributed by atoms with Gasteiger partial charge in [-0.1, -0.05) is 54.6 Å². The second kappa shape index (κ2) is 9.36. The Morgan fingerprint density at radius 3 is 2.16 bits per heavy atom. The molecular weight excluding hydrogens is 492 g/mol. The molecule has 0 saturated carbocycles. The number of nitrogens with one attached hydrogen (secondary N) is 1. The number of hydrogen-bond donors (Lipinski definition) is 2. The molecule has 0 fully saturated rings. The number of rotatable bonds is 6. The second-order valence-electron chi connectivity index (χ2n) is 8.41. The predicted molar refractivity (Wildman–Crippen MR) is 137 cm³/mol. The van der Waals surface area contributed by atoms with E-state index in [1.807, 2.05) is 35.1 Å². The minimum atomic E-state index is -4.07. The molecule has 4 aromatic rings. The third-order valence-electron chi connectivity index (χ3n) is 6.08. The first-order chi connectivity index (χ1) is 17.7. The van der Waals surface area contributed by atoms with Gasteiger partial charge in [-0.25, -0.2) is 17.9 Å². The van der Waals surface area contributed by atoms with E-state index in [2.05, 4.69) is 0 Å². The van der Waals surface area contributed by atoms with Gasteiger partial charge in [0.1, 0.15) is 0 Å². The molecule has 2 N–H and O–H groups in total. The standard InChI is InChI=1S/C28H20N2O6S/c31-26(29-37(35,36)22-9-5-2-6-10-22)20-11-13-23-21(15-20)17-30(27(23)32)25-14-12-19(16-24(25)28(33)34)18-7-3-1-4-8-18/h1-16H,17H2,(H,29,31)(H,33,34). The van der Waals surface area contributed by atoms with E-state index in [1.165, 1.54) is 41.3 Å². The van der Waals surface area contributed by atoms with Gasteiger partial charge in [-0.2, -0.15) is 0 Å². The molecule has 184 valence electrons. The van der Waals surface area contributed by atoms with Gasteiger partial charge < -0.3 is 10.0 Å². The number of anilines is 1. The highest BCUT2D eigenvalue weighted by Gasteiger charge is 2.32. The van der Waals surface area contributed by atoms with Crippen LogP contribution in [0.2, 0.25) is 0 Å². The Labute approximate surface area is 212 Å². The molecule has 0 saturated heterocycles. The molecule has 37 heavy (non-hydrogen) atoms. The van der Waals surface area contributed by atoms with Crippen molar-refractivity contribution < 1.29 is 27.9 Å². The lowest BCUT2D eigenvalue weighted by Gasteiger charge is -2.19. The van der Waals surface area contributed by atoms with Crippen LogP contribution >= 0.6 is 0 Å². The van der Waals surface area contributed by atoms with Crippen molar-refractivity contribution in [1.82, 2.24) is 4.72 Å². The molecule has 9 heteroatoms. The molecule has 8 nitrogen and oxygen atoms in total. The first kappa shape index (κ1) is 24.0. The van der Waals surface area contributed by atoms with Gasteiger partial charge in [0.2, 0.25) is 0 Å². The quantitative estimate of drug-likeness (QED) is 0.397. The first-order valence-electron chi connectivity index (χ1n) is 11.2. The summed E-state index contributed by atoms with van der Waals surface area (Å²) >= 11 is 0. The van der Waals surface area contributed by atoms with E-state index in [0.29, 0.717) is 16.7 Å². The summed E-state index contributed by atoms with van der Waals surface area (Å²) in [6.45, 7) is 0.0334. The number of fused-ring (bicyclic) bond motifs is 1. The first-order valence-corrected chi connectivity index (χ1v) is 12.7. The summed E-state index contributed by atoms with van der Waals surface area (Å²) in [5.74, 6) is -2.42. The number of benzene rings is 4. The van der Waals surface area contributed by atoms with Gasteiger partial charge in [0, 0.05) is 11.1 Å². The van der Waals surface area contributed by atoms with Crippen LogP contribution in [-0.4, -0.2) is 31.3 Å². The van der Waals surface area contributed by atoms with Gasteiger partial charge in [0.25, 0.3) is 21.8 Å². The Morgan fingerprint density at radius 2 is 1.49 bits per heavy atom. The zero-order valence-electron chi connectivity index (χ0n) is 19.3. The number of carbonyl (C=O) groups excluding carboxylic acids is 2. The van der Waals surface area contributed by atoms with Crippen LogP contribution < -0.4 is 9.62 Å². The molecule has 0 unspecified atom stereocenters. The monoisotopic (exact) mass is 512 g/mol. The lowest BCUT2D eigenvalue weighted by molar-refractivity contribution is 0.0697. The van der Waals surface area contributed by atoms with Crippen molar-refractivity contribution in [2.45, 2.75) is 11.4 Å². The van der Waals surface area contributed by atoms with Crippen LogP contribution in [0.1, 0.15) is 36.6 Å². The summed E-state index contributed by atoms with van der Waals surface area (Å²) in [5, 5.41) is 9.87. The van der Waals surface area contributed by atoms with E-state index in [9.17, 15) is 27.9 Å². The van der Waals surface area contributed by atoms with Crippen LogP contribution in [0.15, 0.2) is 102 Å². The van der Waals surface area contributed by atoms with E-state index in [0.717, 1.165) is 5.56 Å². The molecule has 0 aromatic heterocycles. The molecule has 0 bridgehead atoms. The Balaban J connectivity index is 1.43. The molecular formula is C28H20N2O6S. The predicted octanol–water partition coefficient (Wildman–Crippen LogP) is 4.33. The molecule has 2 amide bonds. The van der Waals surface area contributed by atoms with E-state index in [-0.39, 0.29) is 28.3 Å². The molecule has 1 heterocycles. The zero-order chi connectivity index (χ0) is 26.2. The molecule has 0 spiro atoms. The van der Waals surface area contributed by atoms with Crippen molar-refractivity contribution in [2.75, 3.05) is 4.90 Å². The van der Waals surface area contributed by atoms with Crippen molar-refractivity contribution in [3.63, 3.8) is 0 Å². The van der Waals surface area contributed by atoms with Crippen LogP contribution in [0.25, 0.3) is 11.1 Å². The summed E-state index contributed by atoms with van der Waals surface area (Å²) in [6, 6.07) is 25.9. The minimum absolute atomic E-state index is 0.0329. The average Bonchev–Trinajstić information content (AvgIpc) is 3.24. The van der Waals surface area contributed by atoms with Gasteiger partial charge in [0.05, 0.1) is 22.7 Å². The Bertz CT molecular complexity index is 1650. The van der Waals surface area contributed by atoms with Crippen molar-refractivity contribution in [1.29, 1.82) is 0 Å². The normalized spacial score (nSPS) is 12.8. The van der Waals surface area contributed by atoms with E-state index < -0.39 is 27.8 Å². The smallest absolute Gasteiger partial charge is 0.337 e. The molecule has 1 aliphatic heterocycles. The highest BCUT2D eigenvalue weighted by molar-refractivity contribution is 7.90. The van der Waals surface area contributed by atoms with Crippen molar-refractivity contribution >= 4 is 33.5 Å². The lowest BCUT2D eigenvalue weighted by atomic mass is 10.0. The highest BCUT2D eigenvalue weighted by atomic mass is 32.2. The molecule has 5 rings (SSSR count). The van der Waals surface area contributed by atoms with E-state index in [1.54, 1.807) is 30.3 Å². The fraction of sp³-hybridized carbons (Fsp3) is 0.0357. The molecule has 1 aliphatic rings. The van der Waals surface area contributed by atoms with Gasteiger partial charge in [-0.05, 0) is 59.2 Å². The number of carboxylic acids is 1. The van der Waals surface area contributed by atoms with Crippen LogP contribution in [0.4, 0.5) is 5.69 Å². The Kier molecular flexibility index (Phi) is 6.06. The summed E-state index contributed by atoms with van der Waals surface area (Å²) in [5.41, 5.74) is 2.59. The van der Waals surface area contributed by atoms with Crippen molar-refractivity contribution in [3.8, 4) is 11.1 Å². The Morgan fingerprint density at radius 1 is 0.811 bits per heavy atom. The summed E-state index contributed by atoms with van der Waals surface area (Å²) < 4.78 is 27.1. The number of nitrogens with zero attached hydrogens (tertiary/aromatic N) is 1. The van der Waals surface area contributed by atoms with Gasteiger partial charge in [-0.3, -0.25) is 9.59 Å². The van der Waals surface area contributed by atoms with Gasteiger partial charge in [0.15, 0.2) is 0 Å². The zero-order valence-corrected chi connectivity index (χ0v) is 20.1. The average molecular weight is 513 g/mol. The largest absolute Gasteiger partial charge is 0.478 e. The SMILES string of the molecule is O=C(NS(=O)(=O)c1ccccc1)c1ccc2c(c1)CN(c1ccc(-c3ccccc3)cc1C(=O)O)C2=O. The number of hydrogen-bond acceptors (Lipinski definition) is 5. The lowest BCUT2D eigenvalue weighted by Crippen LogP contribution is -2.30. The minimum Gasteiger partial charge on any atom is -0.478 e. The maximum absolute atomic E-state index is 13.2. The second-order valence-corrected chi connectivity index (χ2v) is 10.1. The molecule has 0 atom stereocenters. The fourth-order valence-electron chi connectivity index (χ4n) is 4.25. The number of carboxylic acid groups (broad SMARTS) is 1. The number of sulfonamides is 1. The number of aromatic carboxylic acids is 1. The maximum atomic E-state index is 13.2. The molecule has 0 aliphatic carbocycles. The summed E-state index contributed by atoms with van der Waals surface area (Å²) in [6.07, 6.45) is 0. The fourth-order valence-corrected chi connectivity index (χ4v) is 5.24. The van der Waals surface area contributed by atoms with Crippen LogP contribution in [0.3, 0.4) is 0 Å². The van der Waals surface area contributed by atoms with Gasteiger partial charge in [-0.15, -0.1) is 0 Å².